The summed E-state index contributed by atoms with van der Waals surface area (Å²) in [5.41, 5.74) is 9.22. The van der Waals surface area contributed by atoms with Gasteiger partial charge in [0.15, 0.2) is 0 Å². The van der Waals surface area contributed by atoms with E-state index in [-0.39, 0.29) is 10.8 Å². The van der Waals surface area contributed by atoms with Crippen LogP contribution in [0.4, 0.5) is 0 Å². The lowest BCUT2D eigenvalue weighted by Crippen LogP contribution is -2.13. The van der Waals surface area contributed by atoms with Gasteiger partial charge in [0.2, 0.25) is 0 Å². The molecule has 0 bridgehead atoms. The van der Waals surface area contributed by atoms with Crippen LogP contribution in [0.2, 0.25) is 0 Å². The molecule has 0 fully saturated rings. The Morgan fingerprint density at radius 2 is 1.48 bits per heavy atom. The summed E-state index contributed by atoms with van der Waals surface area (Å²) < 4.78 is 0. The molecular weight excluding hydrogens is 252 g/mol. The summed E-state index contributed by atoms with van der Waals surface area (Å²) in [6, 6.07) is 13.9. The molecule has 0 saturated heterocycles. The van der Waals surface area contributed by atoms with Crippen LogP contribution in [0.5, 0.6) is 0 Å². The van der Waals surface area contributed by atoms with E-state index in [4.69, 9.17) is 0 Å². The van der Waals surface area contributed by atoms with Crippen molar-refractivity contribution in [2.75, 3.05) is 0 Å². The van der Waals surface area contributed by atoms with E-state index in [1.165, 1.54) is 33.4 Å². The molecule has 0 unspecified atom stereocenters. The van der Waals surface area contributed by atoms with Gasteiger partial charge in [-0.15, -0.1) is 0 Å². The summed E-state index contributed by atoms with van der Waals surface area (Å²) in [6.45, 7) is 13.8. The zero-order valence-corrected chi connectivity index (χ0v) is 14.2. The zero-order chi connectivity index (χ0) is 15.4. The minimum absolute atomic E-state index is 0.185. The van der Waals surface area contributed by atoms with Gasteiger partial charge in [0.05, 0.1) is 0 Å². The van der Waals surface area contributed by atoms with Crippen molar-refractivity contribution in [3.05, 3.63) is 58.7 Å². The van der Waals surface area contributed by atoms with E-state index >= 15 is 0 Å². The van der Waals surface area contributed by atoms with Gasteiger partial charge in [-0.25, -0.2) is 0 Å². The first-order chi connectivity index (χ1) is 9.68. The van der Waals surface area contributed by atoms with E-state index < -0.39 is 0 Å². The smallest absolute Gasteiger partial charge is 0.00133 e. The Bertz CT molecular complexity index is 691. The summed E-state index contributed by atoms with van der Waals surface area (Å²) >= 11 is 0. The molecule has 0 nitrogen and oxygen atoms in total. The first-order valence-electron chi connectivity index (χ1n) is 7.94. The van der Waals surface area contributed by atoms with E-state index in [0.29, 0.717) is 0 Å². The fourth-order valence-corrected chi connectivity index (χ4v) is 3.33. The minimum Gasteiger partial charge on any atom is -0.0616 e. The van der Waals surface area contributed by atoms with Crippen LogP contribution in [0.3, 0.4) is 0 Å². The lowest BCUT2D eigenvalue weighted by molar-refractivity contribution is 0.589. The third-order valence-corrected chi connectivity index (χ3v) is 4.58. The van der Waals surface area contributed by atoms with Crippen LogP contribution in [0.1, 0.15) is 63.8 Å². The molecule has 0 radical (unpaired) electrons. The monoisotopic (exact) mass is 278 g/mol. The molecule has 1 aliphatic rings. The maximum Gasteiger partial charge on any atom is -0.00133 e. The molecule has 21 heavy (non-hydrogen) atoms. The number of hydrogen-bond donors (Lipinski definition) is 0. The number of fused-ring (bicyclic) bond motifs is 3. The van der Waals surface area contributed by atoms with Crippen molar-refractivity contribution in [3.63, 3.8) is 0 Å². The molecule has 0 aliphatic heterocycles. The molecule has 0 aromatic heterocycles. The van der Waals surface area contributed by atoms with Crippen molar-refractivity contribution < 1.29 is 0 Å². The molecule has 0 heterocycles. The Morgan fingerprint density at radius 3 is 2.10 bits per heavy atom. The van der Waals surface area contributed by atoms with E-state index in [9.17, 15) is 0 Å². The molecule has 0 N–H and O–H groups in total. The normalized spacial score (nSPS) is 14.0. The molecule has 0 atom stereocenters. The van der Waals surface area contributed by atoms with Gasteiger partial charge in [0.1, 0.15) is 0 Å². The van der Waals surface area contributed by atoms with Crippen LogP contribution in [0.25, 0.3) is 11.1 Å². The third kappa shape index (κ3) is 2.41. The topological polar surface area (TPSA) is 0 Å². The van der Waals surface area contributed by atoms with Crippen LogP contribution in [0, 0.1) is 0 Å². The van der Waals surface area contributed by atoms with Crippen LogP contribution in [0.15, 0.2) is 36.4 Å². The number of rotatable bonds is 0. The van der Waals surface area contributed by atoms with Crippen molar-refractivity contribution in [1.82, 2.24) is 0 Å². The summed E-state index contributed by atoms with van der Waals surface area (Å²) in [5.74, 6) is 0. The first kappa shape index (κ1) is 14.4. The average molecular weight is 278 g/mol. The molecule has 2 aromatic rings. The van der Waals surface area contributed by atoms with Gasteiger partial charge in [-0.1, -0.05) is 77.9 Å². The fourth-order valence-electron chi connectivity index (χ4n) is 3.33. The van der Waals surface area contributed by atoms with Gasteiger partial charge in [0, 0.05) is 0 Å². The maximum absolute atomic E-state index is 2.43. The van der Waals surface area contributed by atoms with Gasteiger partial charge in [-0.3, -0.25) is 0 Å². The summed E-state index contributed by atoms with van der Waals surface area (Å²) in [5, 5.41) is 0. The highest BCUT2D eigenvalue weighted by Gasteiger charge is 2.27. The number of benzene rings is 2. The number of hydrogen-bond acceptors (Lipinski definition) is 0. The highest BCUT2D eigenvalue weighted by atomic mass is 14.3. The largest absolute Gasteiger partial charge is 0.0616 e. The van der Waals surface area contributed by atoms with Crippen LogP contribution < -0.4 is 0 Å². The average Bonchev–Trinajstić information content (AvgIpc) is 2.73. The van der Waals surface area contributed by atoms with Crippen molar-refractivity contribution in [3.8, 4) is 11.1 Å². The molecular formula is C21H26. The van der Waals surface area contributed by atoms with E-state index in [2.05, 4.69) is 77.9 Å². The predicted octanol–water partition coefficient (Wildman–Crippen LogP) is 5.85. The molecule has 2 aromatic carbocycles. The first-order valence-corrected chi connectivity index (χ1v) is 7.94. The van der Waals surface area contributed by atoms with Crippen LogP contribution in [-0.4, -0.2) is 0 Å². The van der Waals surface area contributed by atoms with Crippen LogP contribution >= 0.6 is 0 Å². The van der Waals surface area contributed by atoms with Crippen LogP contribution in [-0.2, 0) is 17.3 Å². The standard InChI is InChI=1S/C21H26/c1-20(2,3)16-11-10-14-12-15-8-7-9-18(21(4,5)6)19(15)17(14)13-16/h7-11,13H,12H2,1-6H3. The molecule has 110 valence electrons. The zero-order valence-electron chi connectivity index (χ0n) is 14.2. The Balaban J connectivity index is 2.25. The molecule has 0 spiro atoms. The molecule has 0 amide bonds. The molecule has 0 heteroatoms. The van der Waals surface area contributed by atoms with Gasteiger partial charge < -0.3 is 0 Å². The predicted molar refractivity (Wildman–Crippen MR) is 92.1 cm³/mol. The quantitative estimate of drug-likeness (QED) is 0.483. The van der Waals surface area contributed by atoms with Gasteiger partial charge in [-0.05, 0) is 50.6 Å². The Hall–Kier alpha value is -1.56. The molecule has 1 aliphatic carbocycles. The molecule has 0 saturated carbocycles. The van der Waals surface area contributed by atoms with E-state index in [1.54, 1.807) is 0 Å². The van der Waals surface area contributed by atoms with Gasteiger partial charge >= 0.3 is 0 Å². The molecule has 3 rings (SSSR count). The lowest BCUT2D eigenvalue weighted by Gasteiger charge is -2.24. The summed E-state index contributed by atoms with van der Waals surface area (Å²) in [7, 11) is 0. The third-order valence-electron chi connectivity index (χ3n) is 4.58. The van der Waals surface area contributed by atoms with Crippen molar-refractivity contribution in [1.29, 1.82) is 0 Å². The minimum atomic E-state index is 0.185. The van der Waals surface area contributed by atoms with Crippen molar-refractivity contribution in [2.45, 2.75) is 58.8 Å². The Labute approximate surface area is 129 Å². The second kappa shape index (κ2) is 4.47. The van der Waals surface area contributed by atoms with Crippen molar-refractivity contribution >= 4 is 0 Å². The summed E-state index contributed by atoms with van der Waals surface area (Å²) in [6.07, 6.45) is 1.08. The van der Waals surface area contributed by atoms with E-state index in [0.717, 1.165) is 6.42 Å². The Morgan fingerprint density at radius 1 is 0.762 bits per heavy atom. The fraction of sp³-hybridized carbons (Fsp3) is 0.429. The van der Waals surface area contributed by atoms with E-state index in [1.807, 2.05) is 0 Å². The lowest BCUT2D eigenvalue weighted by atomic mass is 9.80. The maximum atomic E-state index is 2.43. The summed E-state index contributed by atoms with van der Waals surface area (Å²) in [4.78, 5) is 0. The SMILES string of the molecule is CC(C)(C)c1ccc2c(c1)-c1c(cccc1C(C)(C)C)C2. The van der Waals surface area contributed by atoms with Crippen molar-refractivity contribution in [2.24, 2.45) is 0 Å². The van der Waals surface area contributed by atoms with Gasteiger partial charge in [0.25, 0.3) is 0 Å². The highest BCUT2D eigenvalue weighted by Crippen LogP contribution is 2.44. The van der Waals surface area contributed by atoms with Gasteiger partial charge in [-0.2, -0.15) is 0 Å². The second-order valence-electron chi connectivity index (χ2n) is 8.39. The highest BCUT2D eigenvalue weighted by molar-refractivity contribution is 5.81. The second-order valence-corrected chi connectivity index (χ2v) is 8.39. The Kier molecular flexibility index (Phi) is 3.06.